The van der Waals surface area contributed by atoms with E-state index in [1.54, 1.807) is 29.0 Å². The van der Waals surface area contributed by atoms with E-state index in [0.717, 1.165) is 0 Å². The molecule has 10 heteroatoms. The number of alkyl halides is 2. The van der Waals surface area contributed by atoms with Crippen LogP contribution in [0.4, 0.5) is 13.2 Å². The lowest BCUT2D eigenvalue weighted by molar-refractivity contribution is -0.164. The predicted octanol–water partition coefficient (Wildman–Crippen LogP) is 4.20. The van der Waals surface area contributed by atoms with Gasteiger partial charge >= 0.3 is 11.9 Å². The first kappa shape index (κ1) is 20.5. The van der Waals surface area contributed by atoms with Crippen molar-refractivity contribution in [2.75, 3.05) is 13.2 Å². The minimum Gasteiger partial charge on any atom is -0.477 e. The fourth-order valence-electron chi connectivity index (χ4n) is 4.39. The van der Waals surface area contributed by atoms with Crippen LogP contribution in [0.15, 0.2) is 36.5 Å². The Hall–Kier alpha value is -3.40. The number of ether oxygens (including phenoxy) is 1. The normalized spacial score (nSPS) is 15.6. The summed E-state index contributed by atoms with van der Waals surface area (Å²) in [5, 5.41) is 16.5. The molecule has 1 saturated heterocycles. The lowest BCUT2D eigenvalue weighted by atomic mass is 9.91. The lowest BCUT2D eigenvalue weighted by Gasteiger charge is -2.26. The Morgan fingerprint density at radius 3 is 2.66 bits per heavy atom. The first-order valence-electron chi connectivity index (χ1n) is 10.2. The summed E-state index contributed by atoms with van der Waals surface area (Å²) in [6, 6.07) is 7.50. The van der Waals surface area contributed by atoms with Crippen LogP contribution in [-0.2, 0) is 16.0 Å². The molecule has 0 aliphatic carbocycles. The van der Waals surface area contributed by atoms with E-state index in [9.17, 15) is 18.0 Å². The minimum atomic E-state index is -3.98. The third-order valence-electron chi connectivity index (χ3n) is 5.89. The Morgan fingerprint density at radius 2 is 1.97 bits per heavy atom. The van der Waals surface area contributed by atoms with Gasteiger partial charge in [-0.1, -0.05) is 0 Å². The molecule has 4 aromatic rings. The molecule has 0 spiro atoms. The highest BCUT2D eigenvalue weighted by atomic mass is 19.3. The van der Waals surface area contributed by atoms with Crippen molar-refractivity contribution < 1.29 is 27.8 Å². The zero-order chi connectivity index (χ0) is 22.5. The number of carbonyl (C=O) groups is 1. The number of pyridine rings is 1. The number of fused-ring (bicyclic) bond motifs is 2. The summed E-state index contributed by atoms with van der Waals surface area (Å²) in [7, 11) is 0. The monoisotopic (exact) mass is 444 g/mol. The summed E-state index contributed by atoms with van der Waals surface area (Å²) >= 11 is 0. The number of H-pyrrole nitrogens is 1. The third-order valence-corrected chi connectivity index (χ3v) is 5.89. The predicted molar refractivity (Wildman–Crippen MR) is 110 cm³/mol. The van der Waals surface area contributed by atoms with E-state index < -0.39 is 24.1 Å². The van der Waals surface area contributed by atoms with Gasteiger partial charge in [-0.3, -0.25) is 5.10 Å². The minimum absolute atomic E-state index is 0.154. The molecule has 0 unspecified atom stereocenters. The smallest absolute Gasteiger partial charge is 0.374 e. The molecule has 3 aromatic heterocycles. The topological polar surface area (TPSA) is 93.0 Å². The highest BCUT2D eigenvalue weighted by molar-refractivity contribution is 5.94. The largest absolute Gasteiger partial charge is 0.477 e. The molecular formula is C22H19F3N4O3. The molecule has 32 heavy (non-hydrogen) atoms. The van der Waals surface area contributed by atoms with Crippen molar-refractivity contribution in [2.45, 2.75) is 31.1 Å². The first-order chi connectivity index (χ1) is 15.3. The lowest BCUT2D eigenvalue weighted by Crippen LogP contribution is -2.31. The highest BCUT2D eigenvalue weighted by Crippen LogP contribution is 2.40. The summed E-state index contributed by atoms with van der Waals surface area (Å²) in [5.41, 5.74) is 2.51. The van der Waals surface area contributed by atoms with Gasteiger partial charge in [0.15, 0.2) is 5.65 Å². The van der Waals surface area contributed by atoms with E-state index in [1.165, 1.54) is 12.1 Å². The maximum Gasteiger partial charge on any atom is 0.374 e. The number of aromatic amines is 1. The summed E-state index contributed by atoms with van der Waals surface area (Å²) in [5.74, 6) is -6.75. The highest BCUT2D eigenvalue weighted by Gasteiger charge is 2.42. The first-order valence-corrected chi connectivity index (χ1v) is 10.2. The molecular weight excluding hydrogens is 425 g/mol. The molecule has 7 nitrogen and oxygen atoms in total. The van der Waals surface area contributed by atoms with Crippen molar-refractivity contribution in [1.29, 1.82) is 0 Å². The summed E-state index contributed by atoms with van der Waals surface area (Å²) in [4.78, 5) is 15.8. The molecule has 4 heterocycles. The van der Waals surface area contributed by atoms with Crippen LogP contribution < -0.4 is 0 Å². The number of nitrogens with zero attached hydrogens (tertiary/aromatic N) is 3. The van der Waals surface area contributed by atoms with Crippen molar-refractivity contribution in [3.8, 4) is 5.69 Å². The Kier molecular flexibility index (Phi) is 4.89. The van der Waals surface area contributed by atoms with E-state index >= 15 is 0 Å². The van der Waals surface area contributed by atoms with Crippen LogP contribution in [-0.4, -0.2) is 50.0 Å². The molecule has 1 aliphatic rings. The van der Waals surface area contributed by atoms with Crippen LogP contribution in [0, 0.1) is 5.82 Å². The third kappa shape index (κ3) is 3.40. The Bertz CT molecular complexity index is 1310. The number of carboxylic acids is 1. The number of halogens is 3. The van der Waals surface area contributed by atoms with Crippen LogP contribution in [0.25, 0.3) is 27.8 Å². The zero-order valence-corrected chi connectivity index (χ0v) is 16.8. The fourth-order valence-corrected chi connectivity index (χ4v) is 4.39. The summed E-state index contributed by atoms with van der Waals surface area (Å²) in [6.45, 7) is 0.922. The van der Waals surface area contributed by atoms with Gasteiger partial charge in [0.2, 0.25) is 0 Å². The Morgan fingerprint density at radius 1 is 1.25 bits per heavy atom. The van der Waals surface area contributed by atoms with E-state index in [2.05, 4.69) is 15.2 Å². The van der Waals surface area contributed by atoms with Gasteiger partial charge in [-0.25, -0.2) is 14.2 Å². The number of aromatic nitrogens is 4. The van der Waals surface area contributed by atoms with Gasteiger partial charge in [-0.2, -0.15) is 13.9 Å². The maximum absolute atomic E-state index is 14.5. The molecule has 0 radical (unpaired) electrons. The average molecular weight is 444 g/mol. The number of benzene rings is 1. The standard InChI is InChI=1S/C22H19F3N4O3/c23-14-1-3-15(4-2-14)29-17-9-13-11-26-28-20(13)27-18(17)16(10-22(24,25)21(30)31)19(29)12-5-7-32-8-6-12/h1-4,9,11-12H,5-8,10H2,(H,30,31)(H,26,27,28). The molecule has 0 atom stereocenters. The van der Waals surface area contributed by atoms with Crippen LogP contribution >= 0.6 is 0 Å². The second-order valence-corrected chi connectivity index (χ2v) is 7.91. The Balaban J connectivity index is 1.85. The van der Waals surface area contributed by atoms with Crippen LogP contribution in [0.5, 0.6) is 0 Å². The van der Waals surface area contributed by atoms with Gasteiger partial charge in [0, 0.05) is 41.5 Å². The molecule has 0 saturated carbocycles. The number of hydrogen-bond donors (Lipinski definition) is 2. The Labute approximate surface area is 179 Å². The number of aliphatic carboxylic acids is 1. The fraction of sp³-hybridized carbons (Fsp3) is 0.318. The zero-order valence-electron chi connectivity index (χ0n) is 16.8. The molecule has 1 fully saturated rings. The summed E-state index contributed by atoms with van der Waals surface area (Å²) < 4.78 is 49.9. The van der Waals surface area contributed by atoms with Gasteiger partial charge in [0.25, 0.3) is 0 Å². The van der Waals surface area contributed by atoms with Gasteiger partial charge in [-0.15, -0.1) is 0 Å². The SMILES string of the molecule is O=C(O)C(F)(F)Cc1c(C2CCOCC2)n(-c2ccc(F)cc2)c2cc3cn[nH]c3nc12. The number of rotatable bonds is 5. The van der Waals surface area contributed by atoms with Crippen LogP contribution in [0.1, 0.15) is 30.0 Å². The van der Waals surface area contributed by atoms with Crippen molar-refractivity contribution in [1.82, 2.24) is 19.7 Å². The molecule has 0 bridgehead atoms. The van der Waals surface area contributed by atoms with E-state index in [-0.39, 0.29) is 17.0 Å². The van der Waals surface area contributed by atoms with Crippen molar-refractivity contribution >= 4 is 28.0 Å². The van der Waals surface area contributed by atoms with E-state index in [1.807, 2.05) is 0 Å². The van der Waals surface area contributed by atoms with Gasteiger partial charge in [0.1, 0.15) is 5.82 Å². The van der Waals surface area contributed by atoms with Gasteiger partial charge < -0.3 is 14.4 Å². The second-order valence-electron chi connectivity index (χ2n) is 7.91. The number of hydrogen-bond acceptors (Lipinski definition) is 4. The molecule has 1 aromatic carbocycles. The second kappa shape index (κ2) is 7.63. The molecule has 166 valence electrons. The summed E-state index contributed by atoms with van der Waals surface area (Å²) in [6.07, 6.45) is 1.74. The van der Waals surface area contributed by atoms with Crippen molar-refractivity contribution in [3.05, 3.63) is 53.6 Å². The molecule has 5 rings (SSSR count). The van der Waals surface area contributed by atoms with Gasteiger partial charge in [0.05, 0.1) is 23.7 Å². The van der Waals surface area contributed by atoms with Crippen molar-refractivity contribution in [2.24, 2.45) is 0 Å². The van der Waals surface area contributed by atoms with Crippen LogP contribution in [0.3, 0.4) is 0 Å². The van der Waals surface area contributed by atoms with Gasteiger partial charge in [-0.05, 0) is 43.2 Å². The van der Waals surface area contributed by atoms with Crippen molar-refractivity contribution in [3.63, 3.8) is 0 Å². The molecule has 1 aliphatic heterocycles. The quantitative estimate of drug-likeness (QED) is 0.481. The number of carboxylic acid groups (broad SMARTS) is 1. The maximum atomic E-state index is 14.5. The molecule has 2 N–H and O–H groups in total. The van der Waals surface area contributed by atoms with E-state index in [0.29, 0.717) is 54.0 Å². The number of nitrogens with one attached hydrogen (secondary N) is 1. The van der Waals surface area contributed by atoms with E-state index in [4.69, 9.17) is 9.84 Å². The average Bonchev–Trinajstić information content (AvgIpc) is 3.35. The molecule has 0 amide bonds. The van der Waals surface area contributed by atoms with Crippen LogP contribution in [0.2, 0.25) is 0 Å².